The Hall–Kier alpha value is -2.77. The van der Waals surface area contributed by atoms with E-state index in [1.54, 1.807) is 32.2 Å². The minimum absolute atomic E-state index is 0.0387. The maximum absolute atomic E-state index is 13.5. The van der Waals surface area contributed by atoms with Gasteiger partial charge in [0.25, 0.3) is 0 Å². The van der Waals surface area contributed by atoms with Crippen molar-refractivity contribution in [3.63, 3.8) is 0 Å². The smallest absolute Gasteiger partial charge is 0.336 e. The lowest BCUT2D eigenvalue weighted by Crippen LogP contribution is -2.38. The van der Waals surface area contributed by atoms with Gasteiger partial charge in [0.1, 0.15) is 18.1 Å². The van der Waals surface area contributed by atoms with Crippen molar-refractivity contribution < 1.29 is 23.8 Å². The van der Waals surface area contributed by atoms with Crippen LogP contribution in [-0.2, 0) is 20.9 Å². The Morgan fingerprint density at radius 2 is 1.89 bits per heavy atom. The van der Waals surface area contributed by atoms with E-state index >= 15 is 0 Å². The van der Waals surface area contributed by atoms with Crippen LogP contribution in [0.4, 0.5) is 0 Å². The molecule has 0 saturated heterocycles. The number of halogens is 2. The molecule has 1 heterocycles. The zero-order chi connectivity index (χ0) is 26.9. The first-order chi connectivity index (χ1) is 17.5. The maximum atomic E-state index is 13.5. The molecule has 1 N–H and O–H groups in total. The van der Waals surface area contributed by atoms with Crippen molar-refractivity contribution in [2.45, 2.75) is 53.1 Å². The van der Waals surface area contributed by atoms with Crippen LogP contribution in [-0.4, -0.2) is 25.5 Å². The highest BCUT2D eigenvalue weighted by atomic mass is 79.9. The minimum atomic E-state index is -0.550. The number of esters is 1. The third-order valence-electron chi connectivity index (χ3n) is 6.65. The summed E-state index contributed by atoms with van der Waals surface area (Å²) < 4.78 is 17.8. The normalized spacial score (nSPS) is 18.8. The molecule has 4 rings (SSSR count). The molecule has 0 radical (unpaired) electrons. The van der Waals surface area contributed by atoms with Crippen LogP contribution in [0, 0.1) is 5.41 Å². The van der Waals surface area contributed by atoms with Gasteiger partial charge in [0.05, 0.1) is 23.8 Å². The molecular formula is C29H31BrClNO5. The monoisotopic (exact) mass is 587 g/mol. The predicted molar refractivity (Wildman–Crippen MR) is 147 cm³/mol. The van der Waals surface area contributed by atoms with Crippen molar-refractivity contribution in [1.29, 1.82) is 0 Å². The quantitative estimate of drug-likeness (QED) is 0.356. The van der Waals surface area contributed by atoms with Gasteiger partial charge < -0.3 is 19.5 Å². The number of nitrogens with one attached hydrogen (secondary N) is 1. The molecule has 1 aliphatic carbocycles. The van der Waals surface area contributed by atoms with Gasteiger partial charge in [-0.3, -0.25) is 4.79 Å². The molecule has 37 heavy (non-hydrogen) atoms. The highest BCUT2D eigenvalue weighted by Crippen LogP contribution is 2.47. The van der Waals surface area contributed by atoms with Crippen LogP contribution in [0.2, 0.25) is 5.02 Å². The van der Waals surface area contributed by atoms with E-state index in [2.05, 4.69) is 35.1 Å². The second-order valence-electron chi connectivity index (χ2n) is 10.1. The van der Waals surface area contributed by atoms with Gasteiger partial charge >= 0.3 is 5.97 Å². The lowest BCUT2D eigenvalue weighted by Gasteiger charge is -2.39. The van der Waals surface area contributed by atoms with E-state index < -0.39 is 11.9 Å². The van der Waals surface area contributed by atoms with E-state index in [1.165, 1.54) is 0 Å². The number of hydrogen-bond acceptors (Lipinski definition) is 6. The third-order valence-corrected chi connectivity index (χ3v) is 7.50. The van der Waals surface area contributed by atoms with Crippen LogP contribution < -0.4 is 14.8 Å². The Kier molecular flexibility index (Phi) is 8.05. The topological polar surface area (TPSA) is 73.9 Å². The lowest BCUT2D eigenvalue weighted by atomic mass is 9.68. The van der Waals surface area contributed by atoms with Gasteiger partial charge in [-0.25, -0.2) is 4.79 Å². The molecule has 0 spiro atoms. The highest BCUT2D eigenvalue weighted by molar-refractivity contribution is 9.10. The van der Waals surface area contributed by atoms with Gasteiger partial charge in [-0.05, 0) is 77.5 Å². The number of hydrogen-bond donors (Lipinski definition) is 1. The molecule has 0 amide bonds. The number of ether oxygens (including phenoxy) is 3. The van der Waals surface area contributed by atoms with Crippen molar-refractivity contribution in [3.05, 3.63) is 79.6 Å². The summed E-state index contributed by atoms with van der Waals surface area (Å²) in [6, 6.07) is 11.0. The molecule has 0 aromatic heterocycles. The van der Waals surface area contributed by atoms with Gasteiger partial charge in [-0.1, -0.05) is 31.5 Å². The molecule has 196 valence electrons. The molecule has 2 aliphatic rings. The van der Waals surface area contributed by atoms with E-state index in [4.69, 9.17) is 25.8 Å². The molecule has 2 aromatic rings. The van der Waals surface area contributed by atoms with Crippen molar-refractivity contribution in [2.24, 2.45) is 5.41 Å². The van der Waals surface area contributed by atoms with Crippen molar-refractivity contribution >= 4 is 39.3 Å². The molecule has 2 aromatic carbocycles. The lowest BCUT2D eigenvalue weighted by molar-refractivity contribution is -0.138. The van der Waals surface area contributed by atoms with Crippen molar-refractivity contribution in [1.82, 2.24) is 5.32 Å². The van der Waals surface area contributed by atoms with Gasteiger partial charge in [-0.15, -0.1) is 0 Å². The Bertz CT molecular complexity index is 1310. The minimum Gasteiger partial charge on any atom is -0.496 e. The van der Waals surface area contributed by atoms with E-state index in [0.717, 1.165) is 21.3 Å². The standard InChI is InChI=1S/C29H31BrClNO5/c1-6-36-28(34)25-16(2)32-21-13-29(3,4)14-22(33)27(21)26(25)17-7-9-23(35-5)18(11-17)15-37-24-10-8-19(31)12-20(24)30/h7-12,26,32H,6,13-15H2,1-5H3/t26-/m1/s1. The summed E-state index contributed by atoms with van der Waals surface area (Å²) in [4.78, 5) is 26.7. The van der Waals surface area contributed by atoms with E-state index in [0.29, 0.717) is 46.2 Å². The Morgan fingerprint density at radius 1 is 1.16 bits per heavy atom. The number of Topliss-reactive ketones (excluding diaryl/α,β-unsaturated/α-hetero) is 1. The molecular weight excluding hydrogens is 558 g/mol. The van der Waals surface area contributed by atoms with Crippen LogP contribution in [0.15, 0.2) is 63.4 Å². The van der Waals surface area contributed by atoms with Crippen molar-refractivity contribution in [2.75, 3.05) is 13.7 Å². The van der Waals surface area contributed by atoms with Gasteiger partial charge in [-0.2, -0.15) is 0 Å². The molecule has 0 fully saturated rings. The number of ketones is 1. The van der Waals surface area contributed by atoms with Crippen LogP contribution in [0.25, 0.3) is 0 Å². The first-order valence-electron chi connectivity index (χ1n) is 12.2. The first kappa shape index (κ1) is 27.3. The number of methoxy groups -OCH3 is 1. The number of dihydropyridines is 1. The fourth-order valence-electron chi connectivity index (χ4n) is 5.09. The van der Waals surface area contributed by atoms with E-state index in [1.807, 2.05) is 25.1 Å². The van der Waals surface area contributed by atoms with E-state index in [9.17, 15) is 9.59 Å². The summed E-state index contributed by atoms with van der Waals surface area (Å²) in [5.74, 6) is 0.339. The predicted octanol–water partition coefficient (Wildman–Crippen LogP) is 6.86. The summed E-state index contributed by atoms with van der Waals surface area (Å²) in [5, 5.41) is 3.96. The fraction of sp³-hybridized carbons (Fsp3) is 0.379. The summed E-state index contributed by atoms with van der Waals surface area (Å²) in [6.45, 7) is 8.27. The van der Waals surface area contributed by atoms with Crippen molar-refractivity contribution in [3.8, 4) is 11.5 Å². The summed E-state index contributed by atoms with van der Waals surface area (Å²) >= 11 is 9.55. The van der Waals surface area contributed by atoms with Gasteiger partial charge in [0.15, 0.2) is 5.78 Å². The molecule has 0 saturated carbocycles. The largest absolute Gasteiger partial charge is 0.496 e. The molecule has 1 atom stereocenters. The van der Waals surface area contributed by atoms with Crippen LogP contribution in [0.3, 0.4) is 0 Å². The highest BCUT2D eigenvalue weighted by Gasteiger charge is 2.43. The number of rotatable bonds is 7. The average molecular weight is 589 g/mol. The molecule has 1 aliphatic heterocycles. The SMILES string of the molecule is CCOC(=O)C1=C(C)NC2=C(C(=O)CC(C)(C)C2)[C@@H]1c1ccc(OC)c(COc2ccc(Cl)cc2Br)c1. The third kappa shape index (κ3) is 5.73. The molecule has 0 unspecified atom stereocenters. The maximum Gasteiger partial charge on any atom is 0.336 e. The van der Waals surface area contributed by atoms with Gasteiger partial charge in [0, 0.05) is 39.9 Å². The number of benzene rings is 2. The van der Waals surface area contributed by atoms with E-state index in [-0.39, 0.29) is 24.4 Å². The zero-order valence-corrected chi connectivity index (χ0v) is 24.0. The second kappa shape index (κ2) is 10.9. The summed E-state index contributed by atoms with van der Waals surface area (Å²) in [5.41, 5.74) is 4.07. The van der Waals surface area contributed by atoms with Crippen LogP contribution in [0.1, 0.15) is 57.6 Å². The van der Waals surface area contributed by atoms with Crippen LogP contribution >= 0.6 is 27.5 Å². The van der Waals surface area contributed by atoms with Crippen LogP contribution in [0.5, 0.6) is 11.5 Å². The number of allylic oxidation sites excluding steroid dienone is 3. The average Bonchev–Trinajstić information content (AvgIpc) is 2.81. The van der Waals surface area contributed by atoms with Gasteiger partial charge in [0.2, 0.25) is 0 Å². The Morgan fingerprint density at radius 3 is 2.57 bits per heavy atom. The Balaban J connectivity index is 1.79. The Labute approximate surface area is 231 Å². The fourth-order valence-corrected chi connectivity index (χ4v) is 5.88. The molecule has 6 nitrogen and oxygen atoms in total. The number of carbonyl (C=O) groups excluding carboxylic acids is 2. The summed E-state index contributed by atoms with van der Waals surface area (Å²) in [6.07, 6.45) is 1.13. The molecule has 0 bridgehead atoms. The number of carbonyl (C=O) groups is 2. The zero-order valence-electron chi connectivity index (χ0n) is 21.7. The molecule has 8 heteroatoms. The second-order valence-corrected chi connectivity index (χ2v) is 11.4. The summed E-state index contributed by atoms with van der Waals surface area (Å²) in [7, 11) is 1.60. The first-order valence-corrected chi connectivity index (χ1v) is 13.4.